The third kappa shape index (κ3) is 3.43. The number of allylic oxidation sites excluding steroid dienone is 2. The molecule has 1 saturated carbocycles. The van der Waals surface area contributed by atoms with E-state index in [-0.39, 0.29) is 0 Å². The highest BCUT2D eigenvalue weighted by atomic mass is 19.4. The molecule has 1 aromatic rings. The minimum absolute atomic E-state index is 0.295. The van der Waals surface area contributed by atoms with Crippen LogP contribution in [0.15, 0.2) is 52.0 Å². The Balaban J connectivity index is 2.33. The molecule has 0 spiro atoms. The molecule has 1 N–H and O–H groups in total. The Morgan fingerprint density at radius 2 is 1.80 bits per heavy atom. The van der Waals surface area contributed by atoms with Crippen LogP contribution in [0, 0.1) is 5.92 Å². The van der Waals surface area contributed by atoms with Crippen molar-refractivity contribution in [2.75, 3.05) is 0 Å². The van der Waals surface area contributed by atoms with Crippen LogP contribution in [-0.4, -0.2) is 17.1 Å². The summed E-state index contributed by atoms with van der Waals surface area (Å²) in [6.07, 6.45) is -4.00. The molecule has 0 heterocycles. The third-order valence-electron chi connectivity index (χ3n) is 2.70. The number of alkyl halides is 3. The molecule has 1 fully saturated rings. The average Bonchev–Trinajstić information content (AvgIpc) is 3.23. The zero-order valence-electron chi connectivity index (χ0n) is 10.3. The number of aliphatic hydroxyl groups is 1. The molecule has 0 aliphatic heterocycles. The second kappa shape index (κ2) is 5.44. The van der Waals surface area contributed by atoms with Gasteiger partial charge in [0, 0.05) is 5.92 Å². The molecule has 20 heavy (non-hydrogen) atoms. The number of carbonyl (C=O) groups is 1. The van der Waals surface area contributed by atoms with Crippen molar-refractivity contribution in [3.63, 3.8) is 0 Å². The second-order valence-corrected chi connectivity index (χ2v) is 4.37. The fourth-order valence-electron chi connectivity index (χ4n) is 1.49. The maximum absolute atomic E-state index is 12.5. The maximum atomic E-state index is 12.5. The van der Waals surface area contributed by atoms with Crippen molar-refractivity contribution in [1.29, 1.82) is 0 Å². The minimum Gasteiger partial charge on any atom is -0.503 e. The molecule has 0 radical (unpaired) electrons. The predicted octanol–water partition coefficient (Wildman–Crippen LogP) is 4.08. The summed E-state index contributed by atoms with van der Waals surface area (Å²) in [7, 11) is 0. The Bertz CT molecular complexity index is 561. The van der Waals surface area contributed by atoms with E-state index in [9.17, 15) is 18.0 Å². The number of rotatable bonds is 4. The summed E-state index contributed by atoms with van der Waals surface area (Å²) in [6.45, 7) is 0. The van der Waals surface area contributed by atoms with Crippen LogP contribution < -0.4 is 0 Å². The summed E-state index contributed by atoms with van der Waals surface area (Å²) in [5, 5.41) is 16.0. The van der Waals surface area contributed by atoms with Crippen molar-refractivity contribution >= 4 is 11.5 Å². The van der Waals surface area contributed by atoms with Gasteiger partial charge in [-0.25, -0.2) is 0 Å². The van der Waals surface area contributed by atoms with Crippen LogP contribution in [0.5, 0.6) is 0 Å². The molecule has 0 atom stereocenters. The van der Waals surface area contributed by atoms with Gasteiger partial charge in [0.1, 0.15) is 0 Å². The summed E-state index contributed by atoms with van der Waals surface area (Å²) in [5.41, 5.74) is -0.729. The first-order chi connectivity index (χ1) is 9.39. The molecule has 2 rings (SSSR count). The number of aliphatic hydroxyl groups excluding tert-OH is 1. The molecular formula is C13H11F3N2O2. The van der Waals surface area contributed by atoms with Crippen LogP contribution >= 0.6 is 0 Å². The molecule has 0 bridgehead atoms. The lowest BCUT2D eigenvalue weighted by molar-refractivity contribution is -0.128. The van der Waals surface area contributed by atoms with Gasteiger partial charge in [-0.2, -0.15) is 18.3 Å². The van der Waals surface area contributed by atoms with Gasteiger partial charge in [0.2, 0.25) is 5.76 Å². The molecular weight excluding hydrogens is 273 g/mol. The zero-order valence-corrected chi connectivity index (χ0v) is 10.3. The highest BCUT2D eigenvalue weighted by Crippen LogP contribution is 2.36. The van der Waals surface area contributed by atoms with Gasteiger partial charge in [-0.05, 0) is 25.0 Å². The van der Waals surface area contributed by atoms with E-state index >= 15 is 0 Å². The summed E-state index contributed by atoms with van der Waals surface area (Å²) < 4.78 is 37.5. The molecule has 1 aliphatic rings. The highest BCUT2D eigenvalue weighted by Gasteiger charge is 2.42. The van der Waals surface area contributed by atoms with Crippen molar-refractivity contribution in [3.05, 3.63) is 41.8 Å². The van der Waals surface area contributed by atoms with E-state index in [1.165, 1.54) is 12.1 Å². The second-order valence-electron chi connectivity index (χ2n) is 4.37. The van der Waals surface area contributed by atoms with Crippen molar-refractivity contribution in [3.8, 4) is 0 Å². The molecule has 0 unspecified atom stereocenters. The number of benzene rings is 1. The van der Waals surface area contributed by atoms with Crippen LogP contribution in [0.1, 0.15) is 12.8 Å². The quantitative estimate of drug-likeness (QED) is 0.514. The monoisotopic (exact) mass is 284 g/mol. The molecule has 106 valence electrons. The SMILES string of the molecule is O=C(C(N=Nc1ccccc1)=C(O)C(F)(F)F)C1CC1. The van der Waals surface area contributed by atoms with E-state index in [1.54, 1.807) is 18.2 Å². The fourth-order valence-corrected chi connectivity index (χ4v) is 1.49. The van der Waals surface area contributed by atoms with Crippen molar-refractivity contribution in [1.82, 2.24) is 0 Å². The van der Waals surface area contributed by atoms with Crippen LogP contribution in [0.25, 0.3) is 0 Å². The molecule has 0 saturated heterocycles. The van der Waals surface area contributed by atoms with E-state index in [1.807, 2.05) is 0 Å². The van der Waals surface area contributed by atoms with E-state index in [4.69, 9.17) is 5.11 Å². The Labute approximate surface area is 112 Å². The van der Waals surface area contributed by atoms with E-state index in [0.29, 0.717) is 18.5 Å². The van der Waals surface area contributed by atoms with Crippen molar-refractivity contribution in [2.45, 2.75) is 19.0 Å². The number of hydrogen-bond acceptors (Lipinski definition) is 4. The first-order valence-electron chi connectivity index (χ1n) is 5.91. The maximum Gasteiger partial charge on any atom is 0.451 e. The molecule has 0 aromatic heterocycles. The lowest BCUT2D eigenvalue weighted by atomic mass is 10.2. The third-order valence-corrected chi connectivity index (χ3v) is 2.70. The lowest BCUT2D eigenvalue weighted by Gasteiger charge is -2.07. The smallest absolute Gasteiger partial charge is 0.451 e. The largest absolute Gasteiger partial charge is 0.503 e. The first kappa shape index (κ1) is 14.2. The Kier molecular flexibility index (Phi) is 3.87. The van der Waals surface area contributed by atoms with Crippen molar-refractivity contribution in [2.24, 2.45) is 16.1 Å². The van der Waals surface area contributed by atoms with Gasteiger partial charge in [-0.1, -0.05) is 18.2 Å². The summed E-state index contributed by atoms with van der Waals surface area (Å²) >= 11 is 0. The number of nitrogens with zero attached hydrogens (tertiary/aromatic N) is 2. The molecule has 7 heteroatoms. The number of Topliss-reactive ketones (excluding diaryl/α,β-unsaturated/α-hetero) is 1. The number of azo groups is 1. The number of carbonyl (C=O) groups excluding carboxylic acids is 1. The number of ketones is 1. The topological polar surface area (TPSA) is 62.0 Å². The number of halogens is 3. The normalized spacial score (nSPS) is 17.1. The number of hydrogen-bond donors (Lipinski definition) is 1. The summed E-state index contributed by atoms with van der Waals surface area (Å²) in [5.74, 6) is -3.31. The fraction of sp³-hybridized carbons (Fsp3) is 0.308. The highest BCUT2D eigenvalue weighted by molar-refractivity contribution is 5.98. The van der Waals surface area contributed by atoms with Gasteiger partial charge in [-0.15, -0.1) is 5.11 Å². The van der Waals surface area contributed by atoms with Gasteiger partial charge in [0.15, 0.2) is 11.5 Å². The van der Waals surface area contributed by atoms with Gasteiger partial charge in [-0.3, -0.25) is 4.79 Å². The Morgan fingerprint density at radius 3 is 2.30 bits per heavy atom. The van der Waals surface area contributed by atoms with Gasteiger partial charge >= 0.3 is 6.18 Å². The minimum atomic E-state index is -5.02. The van der Waals surface area contributed by atoms with Gasteiger partial charge in [0.25, 0.3) is 0 Å². The van der Waals surface area contributed by atoms with E-state index in [2.05, 4.69) is 10.2 Å². The zero-order chi connectivity index (χ0) is 14.8. The van der Waals surface area contributed by atoms with Gasteiger partial charge in [0.05, 0.1) is 5.69 Å². The van der Waals surface area contributed by atoms with Gasteiger partial charge < -0.3 is 5.11 Å². The Hall–Kier alpha value is -2.18. The average molecular weight is 284 g/mol. The van der Waals surface area contributed by atoms with Crippen LogP contribution in [-0.2, 0) is 4.79 Å². The Morgan fingerprint density at radius 1 is 1.20 bits per heavy atom. The van der Waals surface area contributed by atoms with E-state index in [0.717, 1.165) is 0 Å². The van der Waals surface area contributed by atoms with Crippen molar-refractivity contribution < 1.29 is 23.1 Å². The molecule has 1 aromatic carbocycles. The summed E-state index contributed by atoms with van der Waals surface area (Å²) in [6, 6.07) is 8.01. The standard InChI is InChI=1S/C13H11F3N2O2/c14-13(15,16)12(20)10(11(19)8-6-7-8)18-17-9-4-2-1-3-5-9/h1-5,8,20H,6-7H2. The van der Waals surface area contributed by atoms with Crippen LogP contribution in [0.2, 0.25) is 0 Å². The first-order valence-corrected chi connectivity index (χ1v) is 5.91. The van der Waals surface area contributed by atoms with Crippen LogP contribution in [0.3, 0.4) is 0 Å². The molecule has 4 nitrogen and oxygen atoms in total. The summed E-state index contributed by atoms with van der Waals surface area (Å²) in [4.78, 5) is 11.7. The molecule has 1 aliphatic carbocycles. The predicted molar refractivity (Wildman–Crippen MR) is 64.4 cm³/mol. The van der Waals surface area contributed by atoms with Crippen LogP contribution in [0.4, 0.5) is 18.9 Å². The lowest BCUT2D eigenvalue weighted by Crippen LogP contribution is -2.18. The van der Waals surface area contributed by atoms with E-state index < -0.39 is 29.3 Å². The molecule has 0 amide bonds.